The molecule has 5 heteroatoms. The van der Waals surface area contributed by atoms with Gasteiger partial charge in [0, 0.05) is 23.9 Å². The molecule has 2 heterocycles. The molecule has 1 aliphatic heterocycles. The highest BCUT2D eigenvalue weighted by Crippen LogP contribution is 2.20. The van der Waals surface area contributed by atoms with Gasteiger partial charge < -0.3 is 9.84 Å². The summed E-state index contributed by atoms with van der Waals surface area (Å²) in [6.45, 7) is 1.66. The molecule has 92 valence electrons. The quantitative estimate of drug-likeness (QED) is 0.866. The Morgan fingerprint density at radius 1 is 1.28 bits per heavy atom. The summed E-state index contributed by atoms with van der Waals surface area (Å²) in [5.74, 6) is 1.20. The van der Waals surface area contributed by atoms with E-state index in [4.69, 9.17) is 4.52 Å². The minimum absolute atomic E-state index is 0.555. The lowest BCUT2D eigenvalue weighted by Crippen LogP contribution is -2.34. The largest absolute Gasteiger partial charge is 0.378 e. The van der Waals surface area contributed by atoms with E-state index in [2.05, 4.69) is 20.4 Å². The van der Waals surface area contributed by atoms with Crippen molar-refractivity contribution >= 4 is 5.57 Å². The van der Waals surface area contributed by atoms with E-state index in [-0.39, 0.29) is 0 Å². The first-order chi connectivity index (χ1) is 8.83. The zero-order chi connectivity index (χ0) is 12.4. The van der Waals surface area contributed by atoms with Crippen LogP contribution in [-0.2, 0) is 0 Å². The lowest BCUT2D eigenvalue weighted by Gasteiger charge is -2.22. The second-order valence-corrected chi connectivity index (χ2v) is 4.34. The summed E-state index contributed by atoms with van der Waals surface area (Å²) in [5, 5.41) is 7.20. The van der Waals surface area contributed by atoms with Crippen molar-refractivity contribution in [3.05, 3.63) is 42.4 Å². The molecule has 0 spiro atoms. The average Bonchev–Trinajstić information content (AvgIpc) is 2.89. The topological polar surface area (TPSA) is 54.2 Å². The van der Waals surface area contributed by atoms with Crippen LogP contribution >= 0.6 is 0 Å². The third-order valence-corrected chi connectivity index (χ3v) is 2.81. The minimum Gasteiger partial charge on any atom is -0.378 e. The molecule has 0 amide bonds. The fraction of sp³-hybridized carbons (Fsp3) is 0.231. The van der Waals surface area contributed by atoms with Crippen LogP contribution in [0.25, 0.3) is 17.0 Å². The van der Waals surface area contributed by atoms with Gasteiger partial charge >= 0.3 is 0 Å². The van der Waals surface area contributed by atoms with E-state index in [9.17, 15) is 0 Å². The van der Waals surface area contributed by atoms with Gasteiger partial charge in [0.05, 0.1) is 6.67 Å². The van der Waals surface area contributed by atoms with Crippen LogP contribution in [-0.4, -0.2) is 35.3 Å². The number of nitrogens with one attached hydrogen (secondary N) is 1. The first kappa shape index (κ1) is 11.0. The van der Waals surface area contributed by atoms with Gasteiger partial charge in [0.1, 0.15) is 0 Å². The Kier molecular flexibility index (Phi) is 2.82. The lowest BCUT2D eigenvalue weighted by molar-refractivity contribution is 0.347. The van der Waals surface area contributed by atoms with E-state index in [1.165, 1.54) is 0 Å². The third kappa shape index (κ3) is 2.12. The Hall–Kier alpha value is -2.14. The molecule has 1 N–H and O–H groups in total. The van der Waals surface area contributed by atoms with Gasteiger partial charge in [-0.25, -0.2) is 0 Å². The molecule has 2 aromatic rings. The van der Waals surface area contributed by atoms with Crippen LogP contribution in [0, 0.1) is 0 Å². The van der Waals surface area contributed by atoms with Crippen molar-refractivity contribution in [3.8, 4) is 11.5 Å². The summed E-state index contributed by atoms with van der Waals surface area (Å²) in [7, 11) is 2.04. The maximum atomic E-state index is 5.29. The van der Waals surface area contributed by atoms with Crippen LogP contribution in [0.15, 0.2) is 41.1 Å². The van der Waals surface area contributed by atoms with Crippen molar-refractivity contribution in [2.75, 3.05) is 20.3 Å². The first-order valence-corrected chi connectivity index (χ1v) is 5.83. The maximum absolute atomic E-state index is 5.29. The van der Waals surface area contributed by atoms with Gasteiger partial charge in [-0.05, 0) is 19.2 Å². The molecule has 0 saturated heterocycles. The summed E-state index contributed by atoms with van der Waals surface area (Å²) < 4.78 is 5.29. The number of aromatic nitrogens is 2. The number of rotatable bonds is 2. The van der Waals surface area contributed by atoms with Crippen LogP contribution in [0.3, 0.4) is 0 Å². The second-order valence-electron chi connectivity index (χ2n) is 4.34. The normalized spacial score (nSPS) is 16.2. The third-order valence-electron chi connectivity index (χ3n) is 2.81. The highest BCUT2D eigenvalue weighted by atomic mass is 16.5. The second kappa shape index (κ2) is 4.62. The van der Waals surface area contributed by atoms with Crippen molar-refractivity contribution < 1.29 is 4.52 Å². The number of likely N-dealkylation sites (N-methyl/N-ethyl adjacent to an activating group) is 1. The summed E-state index contributed by atoms with van der Waals surface area (Å²) >= 11 is 0. The predicted octanol–water partition coefficient (Wildman–Crippen LogP) is 1.57. The molecule has 0 fully saturated rings. The SMILES string of the molecule is CN1CNC=C(c2noc(-c3ccccc3)n2)C1. The molecule has 1 aromatic heterocycles. The van der Waals surface area contributed by atoms with Gasteiger partial charge in [-0.3, -0.25) is 4.90 Å². The molecule has 0 bridgehead atoms. The highest BCUT2D eigenvalue weighted by Gasteiger charge is 2.16. The van der Waals surface area contributed by atoms with Gasteiger partial charge in [-0.1, -0.05) is 23.4 Å². The van der Waals surface area contributed by atoms with Gasteiger partial charge in [-0.2, -0.15) is 4.98 Å². The fourth-order valence-corrected chi connectivity index (χ4v) is 1.90. The maximum Gasteiger partial charge on any atom is 0.258 e. The molecular weight excluding hydrogens is 228 g/mol. The fourth-order valence-electron chi connectivity index (χ4n) is 1.90. The number of hydrogen-bond acceptors (Lipinski definition) is 5. The molecule has 0 unspecified atom stereocenters. The number of benzene rings is 1. The van der Waals surface area contributed by atoms with Gasteiger partial charge in [0.2, 0.25) is 5.82 Å². The number of hydrogen-bond donors (Lipinski definition) is 1. The monoisotopic (exact) mass is 242 g/mol. The molecule has 0 atom stereocenters. The van der Waals surface area contributed by atoms with E-state index < -0.39 is 0 Å². The zero-order valence-corrected chi connectivity index (χ0v) is 10.1. The first-order valence-electron chi connectivity index (χ1n) is 5.83. The Balaban J connectivity index is 1.88. The molecule has 0 saturated carbocycles. The molecule has 1 aromatic carbocycles. The summed E-state index contributed by atoms with van der Waals surface area (Å²) in [5.41, 5.74) is 1.98. The highest BCUT2D eigenvalue weighted by molar-refractivity contribution is 5.63. The smallest absolute Gasteiger partial charge is 0.258 e. The molecular formula is C13H14N4O. The van der Waals surface area contributed by atoms with Crippen molar-refractivity contribution in [1.82, 2.24) is 20.4 Å². The molecule has 5 nitrogen and oxygen atoms in total. The summed E-state index contributed by atoms with van der Waals surface area (Å²) in [6, 6.07) is 9.78. The Morgan fingerprint density at radius 3 is 2.89 bits per heavy atom. The van der Waals surface area contributed by atoms with Gasteiger partial charge in [-0.15, -0.1) is 0 Å². The van der Waals surface area contributed by atoms with E-state index in [1.807, 2.05) is 43.6 Å². The predicted molar refractivity (Wildman–Crippen MR) is 68.3 cm³/mol. The van der Waals surface area contributed by atoms with Crippen LogP contribution in [0.1, 0.15) is 5.82 Å². The van der Waals surface area contributed by atoms with Crippen molar-refractivity contribution in [2.24, 2.45) is 0 Å². The van der Waals surface area contributed by atoms with Crippen LogP contribution in [0.2, 0.25) is 0 Å². The molecule has 3 rings (SSSR count). The van der Waals surface area contributed by atoms with Crippen LogP contribution in [0.5, 0.6) is 0 Å². The van der Waals surface area contributed by atoms with Gasteiger partial charge in [0.25, 0.3) is 5.89 Å². The summed E-state index contributed by atoms with van der Waals surface area (Å²) in [4.78, 5) is 6.57. The van der Waals surface area contributed by atoms with E-state index in [1.54, 1.807) is 0 Å². The van der Waals surface area contributed by atoms with Crippen LogP contribution < -0.4 is 5.32 Å². The zero-order valence-electron chi connectivity index (χ0n) is 10.1. The van der Waals surface area contributed by atoms with Crippen molar-refractivity contribution in [2.45, 2.75) is 0 Å². The van der Waals surface area contributed by atoms with Crippen molar-refractivity contribution in [3.63, 3.8) is 0 Å². The standard InChI is InChI=1S/C13H14N4O/c1-17-8-11(7-14-9-17)12-15-13(18-16-12)10-5-3-2-4-6-10/h2-7,14H,8-9H2,1H3. The number of nitrogens with zero attached hydrogens (tertiary/aromatic N) is 3. The molecule has 0 radical (unpaired) electrons. The Bertz CT molecular complexity index is 561. The van der Waals surface area contributed by atoms with E-state index in [0.29, 0.717) is 11.7 Å². The Morgan fingerprint density at radius 2 is 2.11 bits per heavy atom. The lowest BCUT2D eigenvalue weighted by atomic mass is 10.2. The Labute approximate surface area is 105 Å². The van der Waals surface area contributed by atoms with Gasteiger partial charge in [0.15, 0.2) is 0 Å². The molecule has 1 aliphatic rings. The van der Waals surface area contributed by atoms with Crippen LogP contribution in [0.4, 0.5) is 0 Å². The average molecular weight is 242 g/mol. The minimum atomic E-state index is 0.555. The van der Waals surface area contributed by atoms with E-state index >= 15 is 0 Å². The van der Waals surface area contributed by atoms with E-state index in [0.717, 1.165) is 24.4 Å². The molecule has 18 heavy (non-hydrogen) atoms. The van der Waals surface area contributed by atoms with Crippen molar-refractivity contribution in [1.29, 1.82) is 0 Å². The molecule has 0 aliphatic carbocycles. The summed E-state index contributed by atoms with van der Waals surface area (Å²) in [6.07, 6.45) is 1.94.